The molecule has 21 heavy (non-hydrogen) atoms. The number of hydrogen-bond donors (Lipinski definition) is 1. The third-order valence-corrected chi connectivity index (χ3v) is 4.18. The Morgan fingerprint density at radius 2 is 1.81 bits per heavy atom. The molecular formula is C16H22N4O. The molecule has 1 aliphatic heterocycles. The molecule has 0 radical (unpaired) electrons. The minimum absolute atomic E-state index is 0.378. The number of hydrogen-bond acceptors (Lipinski definition) is 5. The standard InChI is InChI=1S/C16H22N4O/c1-12(2)19-7-9-20(10-8-19)15-6-4-3-5-13(15)14-11-18-21-16(14)17/h3-6,11-12H,7-10,17H2,1-2H3. The van der Waals surface area contributed by atoms with Crippen molar-refractivity contribution < 1.29 is 4.52 Å². The van der Waals surface area contributed by atoms with Crippen LogP contribution in [-0.2, 0) is 0 Å². The van der Waals surface area contributed by atoms with Gasteiger partial charge in [-0.3, -0.25) is 4.90 Å². The summed E-state index contributed by atoms with van der Waals surface area (Å²) in [6, 6.07) is 8.92. The van der Waals surface area contributed by atoms with Gasteiger partial charge in [0.25, 0.3) is 0 Å². The Bertz CT molecular complexity index is 600. The Labute approximate surface area is 125 Å². The molecule has 0 aliphatic carbocycles. The van der Waals surface area contributed by atoms with Crippen LogP contribution in [0.3, 0.4) is 0 Å². The Morgan fingerprint density at radius 3 is 2.43 bits per heavy atom. The molecule has 1 aromatic carbocycles. The normalized spacial score (nSPS) is 16.6. The van der Waals surface area contributed by atoms with E-state index in [0.717, 1.165) is 37.3 Å². The number of nitrogens with two attached hydrogens (primary N) is 1. The maximum absolute atomic E-state index is 5.88. The summed E-state index contributed by atoms with van der Waals surface area (Å²) in [6.07, 6.45) is 1.69. The van der Waals surface area contributed by atoms with Crippen molar-refractivity contribution in [3.05, 3.63) is 30.5 Å². The maximum Gasteiger partial charge on any atom is 0.230 e. The fraction of sp³-hybridized carbons (Fsp3) is 0.438. The quantitative estimate of drug-likeness (QED) is 0.939. The average molecular weight is 286 g/mol. The second kappa shape index (κ2) is 5.77. The zero-order chi connectivity index (χ0) is 14.8. The lowest BCUT2D eigenvalue weighted by atomic mass is 10.0. The fourth-order valence-corrected chi connectivity index (χ4v) is 2.91. The molecule has 1 saturated heterocycles. The monoisotopic (exact) mass is 286 g/mol. The molecule has 1 fully saturated rings. The van der Waals surface area contributed by atoms with Crippen LogP contribution < -0.4 is 10.6 Å². The van der Waals surface area contributed by atoms with E-state index in [9.17, 15) is 0 Å². The first-order valence-electron chi connectivity index (χ1n) is 7.45. The van der Waals surface area contributed by atoms with Crippen molar-refractivity contribution in [3.8, 4) is 11.1 Å². The molecule has 0 unspecified atom stereocenters. The minimum Gasteiger partial charge on any atom is -0.368 e. The third-order valence-electron chi connectivity index (χ3n) is 4.18. The van der Waals surface area contributed by atoms with Gasteiger partial charge in [-0.25, -0.2) is 0 Å². The number of para-hydroxylation sites is 1. The highest BCUT2D eigenvalue weighted by Gasteiger charge is 2.22. The Hall–Kier alpha value is -2.01. The molecule has 1 aliphatic rings. The van der Waals surface area contributed by atoms with Gasteiger partial charge in [-0.1, -0.05) is 23.4 Å². The molecule has 1 aromatic heterocycles. The summed E-state index contributed by atoms with van der Waals surface area (Å²) in [4.78, 5) is 4.92. The summed E-state index contributed by atoms with van der Waals surface area (Å²) < 4.78 is 5.01. The van der Waals surface area contributed by atoms with Crippen LogP contribution in [-0.4, -0.2) is 42.3 Å². The second-order valence-corrected chi connectivity index (χ2v) is 5.74. The molecule has 0 saturated carbocycles. The van der Waals surface area contributed by atoms with E-state index in [1.165, 1.54) is 5.69 Å². The van der Waals surface area contributed by atoms with Crippen molar-refractivity contribution in [1.82, 2.24) is 10.1 Å². The van der Waals surface area contributed by atoms with Gasteiger partial charge in [0.15, 0.2) is 0 Å². The number of anilines is 2. The van der Waals surface area contributed by atoms with Gasteiger partial charge in [0.2, 0.25) is 5.88 Å². The number of aromatic nitrogens is 1. The maximum atomic E-state index is 5.88. The van der Waals surface area contributed by atoms with Crippen molar-refractivity contribution in [2.24, 2.45) is 0 Å². The molecule has 2 aromatic rings. The van der Waals surface area contributed by atoms with E-state index in [-0.39, 0.29) is 0 Å². The van der Waals surface area contributed by atoms with E-state index in [0.29, 0.717) is 11.9 Å². The fourth-order valence-electron chi connectivity index (χ4n) is 2.91. The third kappa shape index (κ3) is 2.74. The minimum atomic E-state index is 0.378. The SMILES string of the molecule is CC(C)N1CCN(c2ccccc2-c2cnoc2N)CC1. The van der Waals surface area contributed by atoms with E-state index in [1.807, 2.05) is 6.07 Å². The highest BCUT2D eigenvalue weighted by Crippen LogP contribution is 2.34. The summed E-state index contributed by atoms with van der Waals surface area (Å²) in [7, 11) is 0. The molecule has 2 N–H and O–H groups in total. The number of nitrogens with zero attached hydrogens (tertiary/aromatic N) is 3. The van der Waals surface area contributed by atoms with Gasteiger partial charge in [-0.2, -0.15) is 0 Å². The smallest absolute Gasteiger partial charge is 0.230 e. The molecular weight excluding hydrogens is 264 g/mol. The zero-order valence-electron chi connectivity index (χ0n) is 12.6. The van der Waals surface area contributed by atoms with Crippen molar-refractivity contribution >= 4 is 11.6 Å². The zero-order valence-corrected chi connectivity index (χ0v) is 12.6. The second-order valence-electron chi connectivity index (χ2n) is 5.74. The molecule has 0 spiro atoms. The number of benzene rings is 1. The summed E-state index contributed by atoms with van der Waals surface area (Å²) in [5, 5.41) is 3.79. The lowest BCUT2D eigenvalue weighted by Crippen LogP contribution is -2.49. The van der Waals surface area contributed by atoms with E-state index < -0.39 is 0 Å². The molecule has 5 nitrogen and oxygen atoms in total. The van der Waals surface area contributed by atoms with Crippen molar-refractivity contribution in [2.45, 2.75) is 19.9 Å². The largest absolute Gasteiger partial charge is 0.368 e. The summed E-state index contributed by atoms with van der Waals surface area (Å²) >= 11 is 0. The molecule has 2 heterocycles. The van der Waals surface area contributed by atoms with Gasteiger partial charge in [0, 0.05) is 43.5 Å². The van der Waals surface area contributed by atoms with E-state index in [2.05, 4.69) is 47.0 Å². The van der Waals surface area contributed by atoms with Gasteiger partial charge < -0.3 is 15.2 Å². The van der Waals surface area contributed by atoms with Gasteiger partial charge in [-0.15, -0.1) is 0 Å². The van der Waals surface area contributed by atoms with E-state index in [4.69, 9.17) is 10.3 Å². The molecule has 3 rings (SSSR count). The summed E-state index contributed by atoms with van der Waals surface area (Å²) in [5.74, 6) is 0.378. The predicted molar refractivity (Wildman–Crippen MR) is 85.3 cm³/mol. The van der Waals surface area contributed by atoms with Gasteiger partial charge in [-0.05, 0) is 19.9 Å². The Kier molecular flexibility index (Phi) is 3.84. The molecule has 112 valence electrons. The number of rotatable bonds is 3. The molecule has 0 bridgehead atoms. The lowest BCUT2D eigenvalue weighted by molar-refractivity contribution is 0.209. The topological polar surface area (TPSA) is 58.5 Å². The van der Waals surface area contributed by atoms with Crippen LogP contribution >= 0.6 is 0 Å². The average Bonchev–Trinajstić information content (AvgIpc) is 2.93. The van der Waals surface area contributed by atoms with Crippen LogP contribution in [0.25, 0.3) is 11.1 Å². The van der Waals surface area contributed by atoms with E-state index >= 15 is 0 Å². The van der Waals surface area contributed by atoms with Crippen LogP contribution in [0.1, 0.15) is 13.8 Å². The number of piperazine rings is 1. The van der Waals surface area contributed by atoms with Gasteiger partial charge in [0.1, 0.15) is 0 Å². The van der Waals surface area contributed by atoms with Crippen LogP contribution in [0.15, 0.2) is 35.0 Å². The highest BCUT2D eigenvalue weighted by atomic mass is 16.5. The lowest BCUT2D eigenvalue weighted by Gasteiger charge is -2.38. The Morgan fingerprint density at radius 1 is 1.10 bits per heavy atom. The first-order valence-corrected chi connectivity index (χ1v) is 7.45. The first kappa shape index (κ1) is 13.9. The molecule has 5 heteroatoms. The number of nitrogen functional groups attached to an aromatic ring is 1. The van der Waals surface area contributed by atoms with Gasteiger partial charge >= 0.3 is 0 Å². The van der Waals surface area contributed by atoms with Gasteiger partial charge in [0.05, 0.1) is 11.8 Å². The van der Waals surface area contributed by atoms with Crippen LogP contribution in [0.4, 0.5) is 11.6 Å². The molecule has 0 atom stereocenters. The summed E-state index contributed by atoms with van der Waals surface area (Å²) in [5.41, 5.74) is 9.05. The predicted octanol–water partition coefficient (Wildman–Crippen LogP) is 2.45. The van der Waals surface area contributed by atoms with Crippen LogP contribution in [0.2, 0.25) is 0 Å². The summed E-state index contributed by atoms with van der Waals surface area (Å²) in [6.45, 7) is 8.74. The first-order chi connectivity index (χ1) is 10.2. The van der Waals surface area contributed by atoms with Crippen molar-refractivity contribution in [3.63, 3.8) is 0 Å². The Balaban J connectivity index is 1.86. The highest BCUT2D eigenvalue weighted by molar-refractivity contribution is 5.83. The van der Waals surface area contributed by atoms with Crippen LogP contribution in [0, 0.1) is 0 Å². The van der Waals surface area contributed by atoms with Crippen LogP contribution in [0.5, 0.6) is 0 Å². The molecule has 0 amide bonds. The van der Waals surface area contributed by atoms with E-state index in [1.54, 1.807) is 6.20 Å². The van der Waals surface area contributed by atoms with Crippen molar-refractivity contribution in [2.75, 3.05) is 36.8 Å². The van der Waals surface area contributed by atoms with Crippen molar-refractivity contribution in [1.29, 1.82) is 0 Å².